The summed E-state index contributed by atoms with van der Waals surface area (Å²) < 4.78 is 26.8. The molecule has 1 unspecified atom stereocenters. The van der Waals surface area contributed by atoms with Crippen molar-refractivity contribution in [2.24, 2.45) is 0 Å². The van der Waals surface area contributed by atoms with Crippen LogP contribution in [-0.2, 0) is 20.2 Å². The van der Waals surface area contributed by atoms with Gasteiger partial charge in [-0.3, -0.25) is 9.69 Å². The number of sulfone groups is 1. The Morgan fingerprint density at radius 1 is 0.767 bits per heavy atom. The molecule has 0 N–H and O–H groups in total. The highest BCUT2D eigenvalue weighted by atomic mass is 32.2. The molecule has 0 saturated heterocycles. The second-order valence-electron chi connectivity index (χ2n) is 7.81. The van der Waals surface area contributed by atoms with Crippen molar-refractivity contribution in [1.29, 1.82) is 0 Å². The van der Waals surface area contributed by atoms with Crippen molar-refractivity contribution < 1.29 is 13.2 Å². The van der Waals surface area contributed by atoms with Crippen LogP contribution in [0.5, 0.6) is 0 Å². The minimum absolute atomic E-state index is 0.119. The molecule has 4 nitrogen and oxygen atoms in total. The number of amides is 1. The monoisotopic (exact) mass is 417 g/mol. The maximum atomic E-state index is 13.5. The van der Waals surface area contributed by atoms with Crippen LogP contribution in [0.1, 0.15) is 23.6 Å². The van der Waals surface area contributed by atoms with Crippen molar-refractivity contribution in [2.75, 3.05) is 4.90 Å². The minimum Gasteiger partial charge on any atom is -0.294 e. The molecule has 152 valence electrons. The number of hydrogen-bond donors (Lipinski definition) is 0. The van der Waals surface area contributed by atoms with E-state index in [0.29, 0.717) is 5.69 Å². The molecule has 0 aliphatic carbocycles. The van der Waals surface area contributed by atoms with Gasteiger partial charge in [-0.1, -0.05) is 65.7 Å². The molecule has 1 amide bonds. The van der Waals surface area contributed by atoms with Crippen LogP contribution < -0.4 is 4.90 Å². The summed E-state index contributed by atoms with van der Waals surface area (Å²) >= 11 is 0. The first kappa shape index (κ1) is 20.1. The Labute approximate surface area is 177 Å². The van der Waals surface area contributed by atoms with Crippen molar-refractivity contribution in [3.05, 3.63) is 107 Å². The molecular formula is C25H23NO3S. The molecule has 1 atom stereocenters. The highest BCUT2D eigenvalue weighted by Gasteiger charge is 2.48. The summed E-state index contributed by atoms with van der Waals surface area (Å²) in [4.78, 5) is 15.0. The fraction of sp³-hybridized carbons (Fsp3) is 0.160. The molecule has 30 heavy (non-hydrogen) atoms. The Hall–Kier alpha value is -3.18. The zero-order valence-electron chi connectivity index (χ0n) is 17.2. The van der Waals surface area contributed by atoms with Crippen molar-refractivity contribution >= 4 is 21.4 Å². The standard InChI is InChI=1S/C25H23NO3S/c1-18-9-13-20(14-10-18)25(3)17-23(24(27)26(25)21-7-5-4-6-8-21)30(28,29)22-15-11-19(2)12-16-22/h4-17H,1-3H3. The average Bonchev–Trinajstić information content (AvgIpc) is 3.01. The Balaban J connectivity index is 1.91. The summed E-state index contributed by atoms with van der Waals surface area (Å²) in [5.41, 5.74) is 2.61. The number of benzene rings is 3. The van der Waals surface area contributed by atoms with Crippen LogP contribution in [0.25, 0.3) is 0 Å². The Morgan fingerprint density at radius 2 is 1.30 bits per heavy atom. The maximum absolute atomic E-state index is 13.5. The largest absolute Gasteiger partial charge is 0.294 e. The highest BCUT2D eigenvalue weighted by Crippen LogP contribution is 2.43. The van der Waals surface area contributed by atoms with Gasteiger partial charge in [0.25, 0.3) is 5.91 Å². The molecule has 3 aromatic rings. The van der Waals surface area contributed by atoms with E-state index in [4.69, 9.17) is 0 Å². The molecule has 0 bridgehead atoms. The van der Waals surface area contributed by atoms with Crippen LogP contribution in [0.2, 0.25) is 0 Å². The second-order valence-corrected chi connectivity index (χ2v) is 9.73. The first-order valence-electron chi connectivity index (χ1n) is 9.75. The fourth-order valence-corrected chi connectivity index (χ4v) is 5.26. The van der Waals surface area contributed by atoms with E-state index in [1.165, 1.54) is 0 Å². The Bertz CT molecular complexity index is 1230. The second kappa shape index (κ2) is 7.26. The van der Waals surface area contributed by atoms with Gasteiger partial charge in [0.15, 0.2) is 0 Å². The summed E-state index contributed by atoms with van der Waals surface area (Å²) in [7, 11) is -3.96. The molecule has 1 aliphatic heterocycles. The van der Waals surface area contributed by atoms with Crippen molar-refractivity contribution in [2.45, 2.75) is 31.2 Å². The predicted molar refractivity (Wildman–Crippen MR) is 119 cm³/mol. The number of aryl methyl sites for hydroxylation is 2. The zero-order chi connectivity index (χ0) is 21.5. The van der Waals surface area contributed by atoms with Gasteiger partial charge in [-0.25, -0.2) is 8.42 Å². The van der Waals surface area contributed by atoms with Crippen LogP contribution in [0.4, 0.5) is 5.69 Å². The topological polar surface area (TPSA) is 54.5 Å². The molecule has 3 aromatic carbocycles. The first-order valence-corrected chi connectivity index (χ1v) is 11.2. The van der Waals surface area contributed by atoms with E-state index in [2.05, 4.69) is 0 Å². The van der Waals surface area contributed by atoms with Crippen molar-refractivity contribution in [1.82, 2.24) is 0 Å². The lowest BCUT2D eigenvalue weighted by molar-refractivity contribution is -0.114. The van der Waals surface area contributed by atoms with E-state index >= 15 is 0 Å². The van der Waals surface area contributed by atoms with E-state index in [9.17, 15) is 13.2 Å². The van der Waals surface area contributed by atoms with Gasteiger partial charge in [-0.2, -0.15) is 0 Å². The summed E-state index contributed by atoms with van der Waals surface area (Å²) in [6, 6.07) is 23.6. The summed E-state index contributed by atoms with van der Waals surface area (Å²) in [5, 5.41) is 0. The summed E-state index contributed by atoms with van der Waals surface area (Å²) in [6.07, 6.45) is 1.59. The third-order valence-electron chi connectivity index (χ3n) is 5.56. The molecule has 1 heterocycles. The van der Waals surface area contributed by atoms with Crippen LogP contribution in [0.15, 0.2) is 94.7 Å². The van der Waals surface area contributed by atoms with Gasteiger partial charge in [-0.15, -0.1) is 0 Å². The van der Waals surface area contributed by atoms with Gasteiger partial charge in [0, 0.05) is 5.69 Å². The molecular weight excluding hydrogens is 394 g/mol. The van der Waals surface area contributed by atoms with Crippen LogP contribution in [0, 0.1) is 13.8 Å². The van der Waals surface area contributed by atoms with Gasteiger partial charge in [0.2, 0.25) is 9.84 Å². The molecule has 0 fully saturated rings. The lowest BCUT2D eigenvalue weighted by Gasteiger charge is -2.35. The van der Waals surface area contributed by atoms with Gasteiger partial charge in [0.1, 0.15) is 4.91 Å². The molecule has 0 radical (unpaired) electrons. The van der Waals surface area contributed by atoms with E-state index in [1.807, 2.05) is 75.4 Å². The number of carbonyl (C=O) groups excluding carboxylic acids is 1. The molecule has 0 aromatic heterocycles. The fourth-order valence-electron chi connectivity index (χ4n) is 3.81. The third-order valence-corrected chi connectivity index (χ3v) is 7.33. The summed E-state index contributed by atoms with van der Waals surface area (Å²) in [5.74, 6) is -0.523. The predicted octanol–water partition coefficient (Wildman–Crippen LogP) is 4.92. The number of rotatable bonds is 4. The minimum atomic E-state index is -3.96. The van der Waals surface area contributed by atoms with E-state index in [0.717, 1.165) is 16.7 Å². The molecule has 0 saturated carbocycles. The van der Waals surface area contributed by atoms with Crippen molar-refractivity contribution in [3.63, 3.8) is 0 Å². The molecule has 4 rings (SSSR count). The number of nitrogens with zero attached hydrogens (tertiary/aromatic N) is 1. The molecule has 1 aliphatic rings. The lowest BCUT2D eigenvalue weighted by atomic mass is 9.90. The third kappa shape index (κ3) is 3.25. The smallest absolute Gasteiger partial charge is 0.271 e. The van der Waals surface area contributed by atoms with E-state index in [1.54, 1.807) is 35.2 Å². The SMILES string of the molecule is Cc1ccc(C2(C)C=C(S(=O)(=O)c3ccc(C)cc3)C(=O)N2c2ccccc2)cc1. The van der Waals surface area contributed by atoms with Crippen LogP contribution in [0.3, 0.4) is 0 Å². The first-order chi connectivity index (χ1) is 14.2. The quantitative estimate of drug-likeness (QED) is 0.605. The number of hydrogen-bond acceptors (Lipinski definition) is 3. The lowest BCUT2D eigenvalue weighted by Crippen LogP contribution is -2.42. The number of para-hydroxylation sites is 1. The Kier molecular flexibility index (Phi) is 4.86. The average molecular weight is 418 g/mol. The van der Waals surface area contributed by atoms with Gasteiger partial charge < -0.3 is 0 Å². The highest BCUT2D eigenvalue weighted by molar-refractivity contribution is 7.96. The molecule has 5 heteroatoms. The van der Waals surface area contributed by atoms with Gasteiger partial charge >= 0.3 is 0 Å². The van der Waals surface area contributed by atoms with E-state index < -0.39 is 21.3 Å². The van der Waals surface area contributed by atoms with Gasteiger partial charge in [0.05, 0.1) is 10.4 Å². The summed E-state index contributed by atoms with van der Waals surface area (Å²) in [6.45, 7) is 5.76. The van der Waals surface area contributed by atoms with Crippen LogP contribution >= 0.6 is 0 Å². The zero-order valence-corrected chi connectivity index (χ0v) is 18.0. The number of carbonyl (C=O) groups is 1. The van der Waals surface area contributed by atoms with Crippen molar-refractivity contribution in [3.8, 4) is 0 Å². The van der Waals surface area contributed by atoms with Gasteiger partial charge in [-0.05, 0) is 56.7 Å². The van der Waals surface area contributed by atoms with E-state index in [-0.39, 0.29) is 9.80 Å². The normalized spacial score (nSPS) is 19.1. The molecule has 0 spiro atoms. The maximum Gasteiger partial charge on any atom is 0.271 e. The van der Waals surface area contributed by atoms with Crippen LogP contribution in [-0.4, -0.2) is 14.3 Å². The Morgan fingerprint density at radius 3 is 1.87 bits per heavy atom. The number of anilines is 1.